The fourth-order valence-corrected chi connectivity index (χ4v) is 5.39. The van der Waals surface area contributed by atoms with E-state index < -0.39 is 12.0 Å². The number of nitrogens with zero attached hydrogens (tertiary/aromatic N) is 6. The summed E-state index contributed by atoms with van der Waals surface area (Å²) in [6.45, 7) is 8.21. The smallest absolute Gasteiger partial charge is 0.326 e. The van der Waals surface area contributed by atoms with Gasteiger partial charge in [-0.05, 0) is 101 Å². The topological polar surface area (TPSA) is 121 Å². The van der Waals surface area contributed by atoms with Gasteiger partial charge in [0, 0.05) is 43.4 Å². The molecule has 0 spiro atoms. The van der Waals surface area contributed by atoms with Crippen molar-refractivity contribution in [3.8, 4) is 0 Å². The first kappa shape index (κ1) is 28.0. The second-order valence-electron chi connectivity index (χ2n) is 11.2. The molecule has 40 heavy (non-hydrogen) atoms. The zero-order valence-corrected chi connectivity index (χ0v) is 23.8. The molecular weight excluding hydrogens is 504 g/mol. The van der Waals surface area contributed by atoms with Crippen LogP contribution in [0.3, 0.4) is 0 Å². The summed E-state index contributed by atoms with van der Waals surface area (Å²) < 4.78 is 2.04. The maximum Gasteiger partial charge on any atom is 0.326 e. The Labute approximate surface area is 236 Å². The third-order valence-corrected chi connectivity index (χ3v) is 7.90. The summed E-state index contributed by atoms with van der Waals surface area (Å²) in [5.74, 6) is 1.10. The van der Waals surface area contributed by atoms with Crippen molar-refractivity contribution in [3.63, 3.8) is 0 Å². The molecule has 3 N–H and O–H groups in total. The van der Waals surface area contributed by atoms with E-state index in [4.69, 9.17) is 4.98 Å². The van der Waals surface area contributed by atoms with E-state index in [1.54, 1.807) is 0 Å². The van der Waals surface area contributed by atoms with Gasteiger partial charge in [0.15, 0.2) is 0 Å². The van der Waals surface area contributed by atoms with Crippen LogP contribution in [0.5, 0.6) is 0 Å². The zero-order valence-electron chi connectivity index (χ0n) is 23.8. The number of carbonyl (C=O) groups is 1. The van der Waals surface area contributed by atoms with Crippen molar-refractivity contribution in [2.45, 2.75) is 83.7 Å². The fourth-order valence-electron chi connectivity index (χ4n) is 5.39. The number of aryl methyl sites for hydroxylation is 4. The van der Waals surface area contributed by atoms with Crippen LogP contribution in [0.4, 0.5) is 11.8 Å². The fraction of sp³-hybridized carbons (Fsp3) is 0.567. The van der Waals surface area contributed by atoms with Crippen molar-refractivity contribution in [2.24, 2.45) is 0 Å². The molecule has 2 aliphatic rings. The predicted molar refractivity (Wildman–Crippen MR) is 156 cm³/mol. The SMILES string of the molecule is Cc1cc(C)n(CCN(CCCCc2ccc3c(n2)NCCC3)CCC(Nc2ncc(C3CC3)cn2)C(=O)O)n1. The molecular formula is C30H42N8O2. The van der Waals surface area contributed by atoms with Gasteiger partial charge in [-0.2, -0.15) is 5.10 Å². The molecule has 1 atom stereocenters. The lowest BCUT2D eigenvalue weighted by Crippen LogP contribution is -2.37. The summed E-state index contributed by atoms with van der Waals surface area (Å²) in [4.78, 5) is 28.0. The summed E-state index contributed by atoms with van der Waals surface area (Å²) >= 11 is 0. The lowest BCUT2D eigenvalue weighted by Gasteiger charge is -2.25. The number of anilines is 2. The van der Waals surface area contributed by atoms with Crippen molar-refractivity contribution in [2.75, 3.05) is 36.8 Å². The standard InChI is InChI=1S/C30H42N8O2/c1-21-18-22(2)38(36-21)17-16-37(14-4-3-7-26-11-10-24-6-5-13-31-28(24)34-26)15-12-27(29(39)40)35-30-32-19-25(20-33-30)23-8-9-23/h10-11,18-20,23,27H,3-9,12-17H2,1-2H3,(H,31,34)(H,39,40)(H,32,33,35). The van der Waals surface area contributed by atoms with Crippen LogP contribution in [0.25, 0.3) is 0 Å². The quantitative estimate of drug-likeness (QED) is 0.241. The number of hydrogen-bond donors (Lipinski definition) is 3. The van der Waals surface area contributed by atoms with E-state index in [0.717, 1.165) is 80.3 Å². The highest BCUT2D eigenvalue weighted by Gasteiger charge is 2.25. The second-order valence-corrected chi connectivity index (χ2v) is 11.2. The molecule has 3 aromatic heterocycles. The molecule has 4 heterocycles. The number of carboxylic acids is 1. The summed E-state index contributed by atoms with van der Waals surface area (Å²) in [6, 6.07) is 5.71. The maximum atomic E-state index is 12.1. The number of pyridine rings is 1. The predicted octanol–water partition coefficient (Wildman–Crippen LogP) is 4.20. The second kappa shape index (κ2) is 13.2. The minimum absolute atomic E-state index is 0.373. The highest BCUT2D eigenvalue weighted by Crippen LogP contribution is 2.39. The molecule has 1 saturated carbocycles. The molecule has 1 fully saturated rings. The van der Waals surface area contributed by atoms with E-state index in [2.05, 4.69) is 55.7 Å². The molecule has 3 aromatic rings. The largest absolute Gasteiger partial charge is 0.480 e. The number of hydrogen-bond acceptors (Lipinski definition) is 8. The Morgan fingerprint density at radius 3 is 2.73 bits per heavy atom. The highest BCUT2D eigenvalue weighted by molar-refractivity contribution is 5.76. The Bertz CT molecular complexity index is 1270. The molecule has 214 valence electrons. The lowest BCUT2D eigenvalue weighted by molar-refractivity contribution is -0.138. The first-order valence-corrected chi connectivity index (χ1v) is 14.7. The molecule has 0 aromatic carbocycles. The molecule has 0 saturated heterocycles. The lowest BCUT2D eigenvalue weighted by atomic mass is 10.1. The minimum Gasteiger partial charge on any atom is -0.480 e. The van der Waals surface area contributed by atoms with E-state index in [0.29, 0.717) is 24.8 Å². The molecule has 10 heteroatoms. The zero-order chi connectivity index (χ0) is 27.9. The molecule has 5 rings (SSSR count). The summed E-state index contributed by atoms with van der Waals surface area (Å²) in [5, 5.41) is 21.0. The molecule has 1 aliphatic carbocycles. The Balaban J connectivity index is 1.15. The van der Waals surface area contributed by atoms with Crippen LogP contribution in [0.2, 0.25) is 0 Å². The van der Waals surface area contributed by atoms with Crippen LogP contribution in [0.1, 0.15) is 72.7 Å². The number of fused-ring (bicyclic) bond motifs is 1. The molecule has 1 aliphatic heterocycles. The van der Waals surface area contributed by atoms with E-state index in [-0.39, 0.29) is 0 Å². The van der Waals surface area contributed by atoms with Crippen LogP contribution < -0.4 is 10.6 Å². The van der Waals surface area contributed by atoms with E-state index in [1.807, 2.05) is 24.0 Å². The number of carboxylic acid groups (broad SMARTS) is 1. The third kappa shape index (κ3) is 7.78. The minimum atomic E-state index is -0.888. The molecule has 0 radical (unpaired) electrons. The molecule has 1 unspecified atom stereocenters. The Kier molecular flexibility index (Phi) is 9.26. The number of nitrogens with one attached hydrogen (secondary N) is 2. The van der Waals surface area contributed by atoms with Gasteiger partial charge in [-0.1, -0.05) is 6.07 Å². The first-order chi connectivity index (χ1) is 19.4. The van der Waals surface area contributed by atoms with Crippen LogP contribution in [-0.2, 0) is 24.2 Å². The molecule has 10 nitrogen and oxygen atoms in total. The summed E-state index contributed by atoms with van der Waals surface area (Å²) in [7, 11) is 0. The van der Waals surface area contributed by atoms with Gasteiger partial charge in [0.1, 0.15) is 11.9 Å². The third-order valence-electron chi connectivity index (χ3n) is 7.90. The van der Waals surface area contributed by atoms with Gasteiger partial charge in [-0.3, -0.25) is 4.68 Å². The molecule has 0 amide bonds. The Hall–Kier alpha value is -3.53. The van der Waals surface area contributed by atoms with Crippen LogP contribution in [-0.4, -0.2) is 72.9 Å². The van der Waals surface area contributed by atoms with Gasteiger partial charge in [-0.25, -0.2) is 19.7 Å². The summed E-state index contributed by atoms with van der Waals surface area (Å²) in [6.07, 6.45) is 11.7. The van der Waals surface area contributed by atoms with Gasteiger partial charge < -0.3 is 20.6 Å². The average molecular weight is 547 g/mol. The Morgan fingerprint density at radius 2 is 2.00 bits per heavy atom. The van der Waals surface area contributed by atoms with Crippen LogP contribution >= 0.6 is 0 Å². The van der Waals surface area contributed by atoms with Gasteiger partial charge in [0.25, 0.3) is 0 Å². The van der Waals surface area contributed by atoms with Gasteiger partial charge >= 0.3 is 5.97 Å². The van der Waals surface area contributed by atoms with Crippen molar-refractivity contribution < 1.29 is 9.90 Å². The van der Waals surface area contributed by atoms with Crippen molar-refractivity contribution in [1.82, 2.24) is 29.6 Å². The number of unbranched alkanes of at least 4 members (excludes halogenated alkanes) is 1. The van der Waals surface area contributed by atoms with Gasteiger partial charge in [-0.15, -0.1) is 0 Å². The molecule has 0 bridgehead atoms. The van der Waals surface area contributed by atoms with Crippen molar-refractivity contribution in [1.29, 1.82) is 0 Å². The average Bonchev–Trinajstić information content (AvgIpc) is 3.75. The Morgan fingerprint density at radius 1 is 1.18 bits per heavy atom. The van der Waals surface area contributed by atoms with E-state index in [1.165, 1.54) is 24.8 Å². The highest BCUT2D eigenvalue weighted by atomic mass is 16.4. The van der Waals surface area contributed by atoms with E-state index in [9.17, 15) is 9.90 Å². The van der Waals surface area contributed by atoms with Crippen molar-refractivity contribution >= 4 is 17.7 Å². The van der Waals surface area contributed by atoms with Gasteiger partial charge in [0.05, 0.1) is 12.2 Å². The van der Waals surface area contributed by atoms with E-state index >= 15 is 0 Å². The van der Waals surface area contributed by atoms with Gasteiger partial charge in [0.2, 0.25) is 5.95 Å². The van der Waals surface area contributed by atoms with Crippen molar-refractivity contribution in [3.05, 3.63) is 58.8 Å². The number of aromatic nitrogens is 5. The maximum absolute atomic E-state index is 12.1. The monoisotopic (exact) mass is 546 g/mol. The first-order valence-electron chi connectivity index (χ1n) is 14.7. The summed E-state index contributed by atoms with van der Waals surface area (Å²) in [5.41, 5.74) is 5.73. The van der Waals surface area contributed by atoms with Crippen LogP contribution in [0, 0.1) is 13.8 Å². The number of rotatable bonds is 15. The number of aliphatic carboxylic acids is 1. The van der Waals surface area contributed by atoms with Crippen LogP contribution in [0.15, 0.2) is 30.6 Å². The normalized spacial score (nSPS) is 15.5.